The molecule has 172 valence electrons. The van der Waals surface area contributed by atoms with E-state index >= 15 is 0 Å². The summed E-state index contributed by atoms with van der Waals surface area (Å²) in [6, 6.07) is 16.5. The number of methoxy groups -OCH3 is 2. The molecule has 0 saturated carbocycles. The molecule has 2 aromatic carbocycles. The first kappa shape index (κ1) is 23.8. The second kappa shape index (κ2) is 9.32. The first-order chi connectivity index (χ1) is 15.6. The lowest BCUT2D eigenvalue weighted by Gasteiger charge is -2.12. The quantitative estimate of drug-likeness (QED) is 0.439. The molecular formula is C24H21F3N2O4. The minimum Gasteiger partial charge on any atom is -0.542 e. The van der Waals surface area contributed by atoms with Crippen molar-refractivity contribution in [1.82, 2.24) is 4.98 Å². The molecule has 0 fully saturated rings. The minimum atomic E-state index is -5.19. The second-order valence-electron chi connectivity index (χ2n) is 7.17. The summed E-state index contributed by atoms with van der Waals surface area (Å²) in [6.45, 7) is 4.24. The number of benzene rings is 2. The predicted octanol–water partition coefficient (Wildman–Crippen LogP) is 3.60. The van der Waals surface area contributed by atoms with Crippen LogP contribution in [0.4, 0.5) is 13.2 Å². The van der Waals surface area contributed by atoms with Crippen molar-refractivity contribution in [3.63, 3.8) is 0 Å². The van der Waals surface area contributed by atoms with Gasteiger partial charge < -0.3 is 19.4 Å². The Morgan fingerprint density at radius 1 is 1.00 bits per heavy atom. The predicted molar refractivity (Wildman–Crippen MR) is 114 cm³/mol. The third kappa shape index (κ3) is 4.97. The van der Waals surface area contributed by atoms with Gasteiger partial charge in [0, 0.05) is 55.1 Å². The number of carboxylic acid groups (broad SMARTS) is 1. The van der Waals surface area contributed by atoms with Gasteiger partial charge in [0.25, 0.3) is 0 Å². The minimum absolute atomic E-state index is 0.794. The summed E-state index contributed by atoms with van der Waals surface area (Å²) in [4.78, 5) is 13.2. The molecule has 0 saturated heterocycles. The van der Waals surface area contributed by atoms with Crippen LogP contribution < -0.4 is 19.1 Å². The Kier molecular flexibility index (Phi) is 6.71. The maximum atomic E-state index is 10.5. The van der Waals surface area contributed by atoms with Crippen LogP contribution in [0.15, 0.2) is 54.7 Å². The zero-order valence-corrected chi connectivity index (χ0v) is 18.4. The van der Waals surface area contributed by atoms with E-state index in [1.165, 1.54) is 0 Å². The molecule has 0 atom stereocenters. The number of rotatable bonds is 3. The van der Waals surface area contributed by atoms with Gasteiger partial charge in [-0.2, -0.15) is 17.7 Å². The highest BCUT2D eigenvalue weighted by atomic mass is 19.4. The van der Waals surface area contributed by atoms with Crippen LogP contribution >= 0.6 is 0 Å². The Labute approximate surface area is 187 Å². The summed E-state index contributed by atoms with van der Waals surface area (Å²) in [6.07, 6.45) is -3.38. The maximum absolute atomic E-state index is 10.5. The van der Waals surface area contributed by atoms with Crippen molar-refractivity contribution < 1.29 is 37.1 Å². The van der Waals surface area contributed by atoms with Gasteiger partial charge in [-0.05, 0) is 18.2 Å². The summed E-state index contributed by atoms with van der Waals surface area (Å²) in [5.74, 6) is -1.40. The molecule has 2 heterocycles. The van der Waals surface area contributed by atoms with E-state index in [1.807, 2.05) is 24.4 Å². The van der Waals surface area contributed by atoms with Crippen molar-refractivity contribution in [3.05, 3.63) is 66.1 Å². The highest BCUT2D eigenvalue weighted by Crippen LogP contribution is 2.33. The number of hydrogen-bond acceptors (Lipinski definition) is 5. The first-order valence-corrected chi connectivity index (χ1v) is 9.78. The Morgan fingerprint density at radius 3 is 2.30 bits per heavy atom. The lowest BCUT2D eigenvalue weighted by molar-refractivity contribution is -0.607. The van der Waals surface area contributed by atoms with E-state index in [1.54, 1.807) is 14.2 Å². The van der Waals surface area contributed by atoms with Crippen LogP contribution in [0.3, 0.4) is 0 Å². The van der Waals surface area contributed by atoms with Crippen LogP contribution in [-0.2, 0) is 4.79 Å². The van der Waals surface area contributed by atoms with E-state index in [0.717, 1.165) is 50.2 Å². The Hall–Kier alpha value is -3.88. The van der Waals surface area contributed by atoms with E-state index in [-0.39, 0.29) is 0 Å². The number of carbonyl (C=O) groups excluding carboxylic acids is 1. The van der Waals surface area contributed by atoms with Gasteiger partial charge >= 0.3 is 6.18 Å². The molecule has 0 N–H and O–H groups in total. The summed E-state index contributed by atoms with van der Waals surface area (Å²) >= 11 is 0. The lowest BCUT2D eigenvalue weighted by atomic mass is 10.1. The fourth-order valence-corrected chi connectivity index (χ4v) is 3.66. The zero-order valence-electron chi connectivity index (χ0n) is 18.4. The molecule has 9 heteroatoms. The molecule has 4 aromatic rings. The molecule has 0 aliphatic carbocycles. The lowest BCUT2D eigenvalue weighted by Crippen LogP contribution is -2.37. The van der Waals surface area contributed by atoms with Crippen LogP contribution in [0.1, 0.15) is 11.4 Å². The number of hydrogen-bond donors (Lipinski definition) is 0. The summed E-state index contributed by atoms with van der Waals surface area (Å²) in [7, 11) is 3.37. The fraction of sp³-hybridized carbons (Fsp3) is 0.208. The molecule has 2 aromatic heterocycles. The molecule has 0 bridgehead atoms. The standard InChI is InChI=1S/C22H21N2O2.C2HF3O2/c1-14-10-17-12-19(25-3)13-21(26-4)22(17)15(2)24(14)18-7-8-20-16(11-18)6-5-9-23-20;3-2(4,5)1(6)7/h5-13H,1-4H3;(H,6,7)/q+1;/p-1. The van der Waals surface area contributed by atoms with E-state index < -0.39 is 12.1 Å². The number of halogens is 3. The molecule has 0 unspecified atom stereocenters. The number of carbonyl (C=O) groups is 1. The van der Waals surface area contributed by atoms with Crippen molar-refractivity contribution in [1.29, 1.82) is 0 Å². The number of fused-ring (bicyclic) bond motifs is 2. The average Bonchev–Trinajstić information content (AvgIpc) is 2.77. The fourth-order valence-electron chi connectivity index (χ4n) is 3.66. The van der Waals surface area contributed by atoms with E-state index in [4.69, 9.17) is 19.4 Å². The largest absolute Gasteiger partial charge is 0.542 e. The van der Waals surface area contributed by atoms with Crippen LogP contribution in [0.2, 0.25) is 0 Å². The molecule has 0 aliphatic heterocycles. The van der Waals surface area contributed by atoms with E-state index in [9.17, 15) is 13.2 Å². The second-order valence-corrected chi connectivity index (χ2v) is 7.17. The zero-order chi connectivity index (χ0) is 24.3. The van der Waals surface area contributed by atoms with Crippen molar-refractivity contribution in [2.45, 2.75) is 20.0 Å². The average molecular weight is 458 g/mol. The van der Waals surface area contributed by atoms with Crippen LogP contribution in [0.25, 0.3) is 27.4 Å². The van der Waals surface area contributed by atoms with Gasteiger partial charge in [-0.3, -0.25) is 4.98 Å². The van der Waals surface area contributed by atoms with Crippen LogP contribution in [0.5, 0.6) is 11.5 Å². The normalized spacial score (nSPS) is 11.1. The van der Waals surface area contributed by atoms with Gasteiger partial charge in [0.05, 0.1) is 25.1 Å². The number of alkyl halides is 3. The number of aryl methyl sites for hydroxylation is 2. The molecule has 33 heavy (non-hydrogen) atoms. The molecule has 0 radical (unpaired) electrons. The summed E-state index contributed by atoms with van der Waals surface area (Å²) < 4.78 is 44.9. The number of carboxylic acids is 1. The number of pyridine rings is 2. The van der Waals surface area contributed by atoms with E-state index in [2.05, 4.69) is 53.7 Å². The van der Waals surface area contributed by atoms with Gasteiger partial charge in [0.2, 0.25) is 5.69 Å². The highest BCUT2D eigenvalue weighted by molar-refractivity contribution is 5.91. The Bertz CT molecular complexity index is 1340. The van der Waals surface area contributed by atoms with Crippen LogP contribution in [0, 0.1) is 13.8 Å². The summed E-state index contributed by atoms with van der Waals surface area (Å²) in [5.41, 5.74) is 4.38. The number of aliphatic carboxylic acids is 1. The van der Waals surface area contributed by atoms with Gasteiger partial charge in [-0.25, -0.2) is 0 Å². The van der Waals surface area contributed by atoms with Crippen molar-refractivity contribution in [2.24, 2.45) is 0 Å². The first-order valence-electron chi connectivity index (χ1n) is 9.78. The van der Waals surface area contributed by atoms with E-state index in [0.29, 0.717) is 0 Å². The van der Waals surface area contributed by atoms with Crippen molar-refractivity contribution >= 4 is 27.6 Å². The maximum Gasteiger partial charge on any atom is 0.430 e. The Balaban J connectivity index is 0.000000383. The molecule has 0 aliphatic rings. The summed E-state index contributed by atoms with van der Waals surface area (Å²) in [5, 5.41) is 12.1. The molecule has 0 amide bonds. The monoisotopic (exact) mass is 458 g/mol. The van der Waals surface area contributed by atoms with Crippen LogP contribution in [-0.4, -0.2) is 31.3 Å². The smallest absolute Gasteiger partial charge is 0.430 e. The third-order valence-corrected chi connectivity index (χ3v) is 5.05. The SMILES string of the molecule is COc1cc(OC)c2c(C)[n+](-c3ccc4ncccc4c3)c(C)cc2c1.O=C([O-])C(F)(F)F. The van der Waals surface area contributed by atoms with Gasteiger partial charge in [0.1, 0.15) is 17.5 Å². The topological polar surface area (TPSA) is 75.4 Å². The van der Waals surface area contributed by atoms with Crippen molar-refractivity contribution in [3.8, 4) is 17.2 Å². The molecule has 4 rings (SSSR count). The number of ether oxygens (including phenoxy) is 2. The van der Waals surface area contributed by atoms with Crippen molar-refractivity contribution in [2.75, 3.05) is 14.2 Å². The molecule has 6 nitrogen and oxygen atoms in total. The van der Waals surface area contributed by atoms with Gasteiger partial charge in [0.15, 0.2) is 11.4 Å². The van der Waals surface area contributed by atoms with Gasteiger partial charge in [-0.1, -0.05) is 6.07 Å². The molecular weight excluding hydrogens is 437 g/mol. The molecule has 0 spiro atoms. The van der Waals surface area contributed by atoms with Gasteiger partial charge in [-0.15, -0.1) is 0 Å². The number of nitrogens with zero attached hydrogens (tertiary/aromatic N) is 2. The Morgan fingerprint density at radius 2 is 1.70 bits per heavy atom. The third-order valence-electron chi connectivity index (χ3n) is 5.05. The number of aromatic nitrogens is 2. The highest BCUT2D eigenvalue weighted by Gasteiger charge is 2.28.